The van der Waals surface area contributed by atoms with Crippen LogP contribution in [0.1, 0.15) is 32.3 Å². The molecule has 20 heavy (non-hydrogen) atoms. The zero-order chi connectivity index (χ0) is 14.8. The first-order valence-corrected chi connectivity index (χ1v) is 7.19. The van der Waals surface area contributed by atoms with E-state index in [4.69, 9.17) is 16.3 Å². The first-order valence-electron chi connectivity index (χ1n) is 6.81. The molecule has 0 radical (unpaired) electrons. The lowest BCUT2D eigenvalue weighted by molar-refractivity contribution is 0.0504. The number of rotatable bonds is 2. The third-order valence-electron chi connectivity index (χ3n) is 3.22. The van der Waals surface area contributed by atoms with Crippen molar-refractivity contribution in [3.8, 4) is 0 Å². The highest BCUT2D eigenvalue weighted by Crippen LogP contribution is 2.29. The summed E-state index contributed by atoms with van der Waals surface area (Å²) in [5.74, 6) is 0.163. The van der Waals surface area contributed by atoms with Crippen LogP contribution in [-0.2, 0) is 4.74 Å². The molecule has 1 aliphatic heterocycles. The van der Waals surface area contributed by atoms with Gasteiger partial charge in [0, 0.05) is 24.0 Å². The van der Waals surface area contributed by atoms with E-state index in [2.05, 4.69) is 10.6 Å². The smallest absolute Gasteiger partial charge is 0.407 e. The minimum atomic E-state index is -0.490. The number of nitrogens with one attached hydrogen (secondary N) is 2. The van der Waals surface area contributed by atoms with E-state index in [0.29, 0.717) is 0 Å². The molecule has 0 aromatic heterocycles. The molecule has 110 valence electrons. The molecule has 0 bridgehead atoms. The fraction of sp³-hybridized carbons (Fsp3) is 0.533. The van der Waals surface area contributed by atoms with Gasteiger partial charge in [-0.05, 0) is 32.4 Å². The molecular formula is C15H21ClN2O2. The highest BCUT2D eigenvalue weighted by molar-refractivity contribution is 6.31. The van der Waals surface area contributed by atoms with Crippen LogP contribution in [0.4, 0.5) is 4.79 Å². The number of ether oxygens (including phenoxy) is 1. The molecule has 2 rings (SSSR count). The number of hydrogen-bond acceptors (Lipinski definition) is 3. The van der Waals surface area contributed by atoms with Crippen LogP contribution in [0.2, 0.25) is 5.02 Å². The summed E-state index contributed by atoms with van der Waals surface area (Å²) < 4.78 is 5.30. The van der Waals surface area contributed by atoms with E-state index in [1.165, 1.54) is 0 Å². The van der Waals surface area contributed by atoms with Crippen LogP contribution in [0, 0.1) is 0 Å². The van der Waals surface area contributed by atoms with E-state index in [-0.39, 0.29) is 18.1 Å². The van der Waals surface area contributed by atoms with Gasteiger partial charge in [-0.3, -0.25) is 0 Å². The van der Waals surface area contributed by atoms with Gasteiger partial charge in [0.15, 0.2) is 0 Å². The second kappa shape index (κ2) is 6.02. The third-order valence-corrected chi connectivity index (χ3v) is 3.57. The fourth-order valence-corrected chi connectivity index (χ4v) is 2.67. The van der Waals surface area contributed by atoms with Gasteiger partial charge in [-0.15, -0.1) is 0 Å². The Morgan fingerprint density at radius 3 is 2.70 bits per heavy atom. The molecule has 1 fully saturated rings. The Balaban J connectivity index is 2.05. The quantitative estimate of drug-likeness (QED) is 0.882. The molecule has 1 aromatic rings. The van der Waals surface area contributed by atoms with E-state index in [9.17, 15) is 4.79 Å². The van der Waals surface area contributed by atoms with Gasteiger partial charge in [-0.1, -0.05) is 29.8 Å². The molecule has 1 aliphatic rings. The summed E-state index contributed by atoms with van der Waals surface area (Å²) in [4.78, 5) is 11.9. The van der Waals surface area contributed by atoms with Crippen molar-refractivity contribution in [3.63, 3.8) is 0 Å². The van der Waals surface area contributed by atoms with Crippen molar-refractivity contribution in [3.05, 3.63) is 34.9 Å². The second-order valence-electron chi connectivity index (χ2n) is 6.04. The van der Waals surface area contributed by atoms with Crippen LogP contribution in [0.5, 0.6) is 0 Å². The lowest BCUT2D eigenvalue weighted by atomic mass is 9.94. The van der Waals surface area contributed by atoms with Crippen molar-refractivity contribution < 1.29 is 9.53 Å². The molecule has 1 amide bonds. The van der Waals surface area contributed by atoms with Crippen LogP contribution < -0.4 is 10.6 Å². The highest BCUT2D eigenvalue weighted by atomic mass is 35.5. The second-order valence-corrected chi connectivity index (χ2v) is 6.45. The fourth-order valence-electron chi connectivity index (χ4n) is 2.39. The van der Waals surface area contributed by atoms with Crippen LogP contribution in [0.15, 0.2) is 24.3 Å². The number of hydrogen-bond donors (Lipinski definition) is 2. The van der Waals surface area contributed by atoms with E-state index < -0.39 is 5.60 Å². The van der Waals surface area contributed by atoms with Gasteiger partial charge in [0.05, 0.1) is 6.04 Å². The summed E-state index contributed by atoms with van der Waals surface area (Å²) >= 11 is 6.24. The molecule has 5 heteroatoms. The number of carbonyl (C=O) groups is 1. The van der Waals surface area contributed by atoms with Crippen molar-refractivity contribution >= 4 is 17.7 Å². The topological polar surface area (TPSA) is 50.4 Å². The molecule has 0 unspecified atom stereocenters. The number of halogens is 1. The molecule has 1 aromatic carbocycles. The molecule has 1 heterocycles. The van der Waals surface area contributed by atoms with Crippen molar-refractivity contribution in [2.75, 3.05) is 13.1 Å². The van der Waals surface area contributed by atoms with Gasteiger partial charge in [0.2, 0.25) is 0 Å². The van der Waals surface area contributed by atoms with Crippen molar-refractivity contribution in [2.45, 2.75) is 38.3 Å². The number of alkyl carbamates (subject to hydrolysis) is 1. The Morgan fingerprint density at radius 1 is 1.35 bits per heavy atom. The summed E-state index contributed by atoms with van der Waals surface area (Å²) in [5, 5.41) is 6.95. The van der Waals surface area contributed by atoms with Gasteiger partial charge in [-0.2, -0.15) is 0 Å². The lowest BCUT2D eigenvalue weighted by Crippen LogP contribution is -2.42. The third kappa shape index (κ3) is 3.87. The zero-order valence-electron chi connectivity index (χ0n) is 12.1. The normalized spacial score (nSPS) is 22.6. The minimum Gasteiger partial charge on any atom is -0.444 e. The molecule has 1 saturated heterocycles. The lowest BCUT2D eigenvalue weighted by Gasteiger charge is -2.24. The van der Waals surface area contributed by atoms with E-state index in [1.54, 1.807) is 0 Å². The van der Waals surface area contributed by atoms with E-state index in [0.717, 1.165) is 23.7 Å². The molecule has 4 nitrogen and oxygen atoms in total. The molecular weight excluding hydrogens is 276 g/mol. The minimum absolute atomic E-state index is 0.00949. The van der Waals surface area contributed by atoms with Crippen LogP contribution >= 0.6 is 11.6 Å². The summed E-state index contributed by atoms with van der Waals surface area (Å²) in [6.07, 6.45) is -0.386. The van der Waals surface area contributed by atoms with Gasteiger partial charge in [0.25, 0.3) is 0 Å². The Hall–Kier alpha value is -1.26. The number of benzene rings is 1. The maximum absolute atomic E-state index is 11.9. The van der Waals surface area contributed by atoms with Crippen LogP contribution in [0.25, 0.3) is 0 Å². The first kappa shape index (κ1) is 15.1. The van der Waals surface area contributed by atoms with Gasteiger partial charge in [-0.25, -0.2) is 4.79 Å². The zero-order valence-corrected chi connectivity index (χ0v) is 12.8. The Labute approximate surface area is 124 Å². The maximum Gasteiger partial charge on any atom is 0.407 e. The van der Waals surface area contributed by atoms with Crippen molar-refractivity contribution in [1.29, 1.82) is 0 Å². The number of carbonyl (C=O) groups excluding carboxylic acids is 1. The molecule has 0 spiro atoms. The molecule has 0 saturated carbocycles. The van der Waals surface area contributed by atoms with E-state index >= 15 is 0 Å². The summed E-state index contributed by atoms with van der Waals surface area (Å²) in [6, 6.07) is 7.74. The summed E-state index contributed by atoms with van der Waals surface area (Å²) in [5.41, 5.74) is 0.566. The van der Waals surface area contributed by atoms with Crippen LogP contribution in [-0.4, -0.2) is 30.8 Å². The van der Waals surface area contributed by atoms with E-state index in [1.807, 2.05) is 45.0 Å². The van der Waals surface area contributed by atoms with Crippen molar-refractivity contribution in [2.24, 2.45) is 0 Å². The SMILES string of the molecule is CC(C)(C)OC(=O)N[C@H]1CNC[C@@H]1c1ccccc1Cl. The standard InChI is InChI=1S/C15H21ClN2O2/c1-15(2,3)20-14(19)18-13-9-17-8-11(13)10-6-4-5-7-12(10)16/h4-7,11,13,17H,8-9H2,1-3H3,(H,18,19)/t11-,13+/m1/s1. The average Bonchev–Trinajstić information content (AvgIpc) is 2.75. The Kier molecular flexibility index (Phi) is 4.55. The number of amides is 1. The van der Waals surface area contributed by atoms with Crippen LogP contribution in [0.3, 0.4) is 0 Å². The highest BCUT2D eigenvalue weighted by Gasteiger charge is 2.32. The van der Waals surface area contributed by atoms with Gasteiger partial charge < -0.3 is 15.4 Å². The largest absolute Gasteiger partial charge is 0.444 e. The monoisotopic (exact) mass is 296 g/mol. The molecule has 2 atom stereocenters. The molecule has 2 N–H and O–H groups in total. The van der Waals surface area contributed by atoms with Gasteiger partial charge in [0.1, 0.15) is 5.60 Å². The predicted molar refractivity (Wildman–Crippen MR) is 80.2 cm³/mol. The molecule has 0 aliphatic carbocycles. The summed E-state index contributed by atoms with van der Waals surface area (Å²) in [7, 11) is 0. The van der Waals surface area contributed by atoms with Gasteiger partial charge >= 0.3 is 6.09 Å². The first-order chi connectivity index (χ1) is 9.37. The summed E-state index contributed by atoms with van der Waals surface area (Å²) in [6.45, 7) is 7.07. The van der Waals surface area contributed by atoms with Crippen molar-refractivity contribution in [1.82, 2.24) is 10.6 Å². The Morgan fingerprint density at radius 2 is 2.05 bits per heavy atom. The average molecular weight is 297 g/mol. The maximum atomic E-state index is 11.9. The Bertz CT molecular complexity index is 485. The predicted octanol–water partition coefficient (Wildman–Crippen LogP) is 2.92.